The molecule has 1 aliphatic heterocycles. The summed E-state index contributed by atoms with van der Waals surface area (Å²) >= 11 is 3.48. The SMILES string of the molecule is Cc1cc(Br)ccc1NCCCC1CCCO1. The summed E-state index contributed by atoms with van der Waals surface area (Å²) in [5, 5.41) is 3.49. The second kappa shape index (κ2) is 6.41. The molecule has 0 aliphatic carbocycles. The minimum atomic E-state index is 0.516. The largest absolute Gasteiger partial charge is 0.385 e. The summed E-state index contributed by atoms with van der Waals surface area (Å²) in [6.45, 7) is 4.12. The van der Waals surface area contributed by atoms with Crippen LogP contribution in [0.25, 0.3) is 0 Å². The van der Waals surface area contributed by atoms with Crippen molar-refractivity contribution in [1.29, 1.82) is 0 Å². The van der Waals surface area contributed by atoms with Gasteiger partial charge in [-0.05, 0) is 56.4 Å². The zero-order chi connectivity index (χ0) is 12.1. The maximum atomic E-state index is 5.61. The average Bonchev–Trinajstić information content (AvgIpc) is 2.79. The monoisotopic (exact) mass is 297 g/mol. The molecule has 0 spiro atoms. The van der Waals surface area contributed by atoms with E-state index in [1.54, 1.807) is 0 Å². The lowest BCUT2D eigenvalue weighted by molar-refractivity contribution is 0.103. The van der Waals surface area contributed by atoms with E-state index in [0.717, 1.165) is 17.6 Å². The van der Waals surface area contributed by atoms with Crippen LogP contribution in [0.2, 0.25) is 0 Å². The van der Waals surface area contributed by atoms with E-state index in [4.69, 9.17) is 4.74 Å². The Labute approximate surface area is 112 Å². The van der Waals surface area contributed by atoms with Crippen molar-refractivity contribution in [2.45, 2.75) is 38.7 Å². The molecule has 17 heavy (non-hydrogen) atoms. The van der Waals surface area contributed by atoms with Crippen molar-refractivity contribution in [3.63, 3.8) is 0 Å². The molecule has 0 amide bonds. The molecular formula is C14H20BrNO. The number of ether oxygens (including phenoxy) is 1. The zero-order valence-electron chi connectivity index (χ0n) is 10.3. The van der Waals surface area contributed by atoms with Gasteiger partial charge in [-0.25, -0.2) is 0 Å². The highest BCUT2D eigenvalue weighted by atomic mass is 79.9. The molecule has 1 aromatic rings. The molecule has 1 aliphatic rings. The van der Waals surface area contributed by atoms with Gasteiger partial charge in [-0.3, -0.25) is 0 Å². The van der Waals surface area contributed by atoms with Crippen LogP contribution in [0.3, 0.4) is 0 Å². The first-order valence-corrected chi connectivity index (χ1v) is 7.16. The van der Waals surface area contributed by atoms with Gasteiger partial charge in [-0.15, -0.1) is 0 Å². The van der Waals surface area contributed by atoms with Gasteiger partial charge in [0.15, 0.2) is 0 Å². The van der Waals surface area contributed by atoms with E-state index in [0.29, 0.717) is 6.10 Å². The molecule has 1 heterocycles. The summed E-state index contributed by atoms with van der Waals surface area (Å²) in [6.07, 6.45) is 5.37. The van der Waals surface area contributed by atoms with Gasteiger partial charge in [-0.2, -0.15) is 0 Å². The molecule has 94 valence electrons. The van der Waals surface area contributed by atoms with Crippen LogP contribution in [0.5, 0.6) is 0 Å². The summed E-state index contributed by atoms with van der Waals surface area (Å²) in [4.78, 5) is 0. The molecule has 0 aromatic heterocycles. The van der Waals surface area contributed by atoms with Crippen molar-refractivity contribution >= 4 is 21.6 Å². The Morgan fingerprint density at radius 1 is 1.47 bits per heavy atom. The Balaban J connectivity index is 1.70. The van der Waals surface area contributed by atoms with Crippen LogP contribution in [-0.2, 0) is 4.74 Å². The van der Waals surface area contributed by atoms with Crippen molar-refractivity contribution in [1.82, 2.24) is 0 Å². The Kier molecular flexibility index (Phi) is 4.86. The summed E-state index contributed by atoms with van der Waals surface area (Å²) < 4.78 is 6.75. The normalized spacial score (nSPS) is 19.5. The number of anilines is 1. The minimum Gasteiger partial charge on any atom is -0.385 e. The van der Waals surface area contributed by atoms with E-state index in [2.05, 4.69) is 46.4 Å². The summed E-state index contributed by atoms with van der Waals surface area (Å²) in [7, 11) is 0. The molecule has 0 radical (unpaired) electrons. The Bertz CT molecular complexity index is 361. The summed E-state index contributed by atoms with van der Waals surface area (Å²) in [5.74, 6) is 0. The van der Waals surface area contributed by atoms with Crippen LogP contribution in [-0.4, -0.2) is 19.3 Å². The number of hydrogen-bond donors (Lipinski definition) is 1. The molecule has 1 saturated heterocycles. The van der Waals surface area contributed by atoms with Gasteiger partial charge < -0.3 is 10.1 Å². The maximum absolute atomic E-state index is 5.61. The highest BCUT2D eigenvalue weighted by molar-refractivity contribution is 9.10. The van der Waals surface area contributed by atoms with Gasteiger partial charge in [0, 0.05) is 23.3 Å². The number of aryl methyl sites for hydroxylation is 1. The van der Waals surface area contributed by atoms with Gasteiger partial charge >= 0.3 is 0 Å². The van der Waals surface area contributed by atoms with Gasteiger partial charge in [-0.1, -0.05) is 15.9 Å². The molecule has 2 nitrogen and oxygen atoms in total. The fourth-order valence-corrected chi connectivity index (χ4v) is 2.73. The first-order valence-electron chi connectivity index (χ1n) is 6.37. The molecule has 1 aromatic carbocycles. The van der Waals surface area contributed by atoms with Crippen molar-refractivity contribution in [2.75, 3.05) is 18.5 Å². The predicted molar refractivity (Wildman–Crippen MR) is 75.6 cm³/mol. The van der Waals surface area contributed by atoms with E-state index in [1.165, 1.54) is 36.9 Å². The van der Waals surface area contributed by atoms with Gasteiger partial charge in [0.05, 0.1) is 6.10 Å². The molecule has 0 saturated carbocycles. The van der Waals surface area contributed by atoms with Gasteiger partial charge in [0.1, 0.15) is 0 Å². The number of halogens is 1. The van der Waals surface area contributed by atoms with Crippen molar-refractivity contribution in [3.8, 4) is 0 Å². The lowest BCUT2D eigenvalue weighted by Gasteiger charge is -2.12. The van der Waals surface area contributed by atoms with E-state index < -0.39 is 0 Å². The molecule has 1 atom stereocenters. The smallest absolute Gasteiger partial charge is 0.0576 e. The van der Waals surface area contributed by atoms with E-state index in [9.17, 15) is 0 Å². The average molecular weight is 298 g/mol. The lowest BCUT2D eigenvalue weighted by Crippen LogP contribution is -2.09. The number of hydrogen-bond acceptors (Lipinski definition) is 2. The Morgan fingerprint density at radius 3 is 3.06 bits per heavy atom. The van der Waals surface area contributed by atoms with Crippen molar-refractivity contribution in [2.24, 2.45) is 0 Å². The van der Waals surface area contributed by atoms with Crippen LogP contribution >= 0.6 is 15.9 Å². The lowest BCUT2D eigenvalue weighted by atomic mass is 10.1. The van der Waals surface area contributed by atoms with Crippen molar-refractivity contribution < 1.29 is 4.74 Å². The highest BCUT2D eigenvalue weighted by Crippen LogP contribution is 2.21. The summed E-state index contributed by atoms with van der Waals surface area (Å²) in [6, 6.07) is 6.35. The van der Waals surface area contributed by atoms with Crippen LogP contribution in [0.15, 0.2) is 22.7 Å². The van der Waals surface area contributed by atoms with Crippen LogP contribution in [0.1, 0.15) is 31.2 Å². The first kappa shape index (κ1) is 12.9. The summed E-state index contributed by atoms with van der Waals surface area (Å²) in [5.41, 5.74) is 2.53. The molecular weight excluding hydrogens is 278 g/mol. The predicted octanol–water partition coefficient (Wildman–Crippen LogP) is 4.13. The fourth-order valence-electron chi connectivity index (χ4n) is 2.25. The third-order valence-electron chi connectivity index (χ3n) is 3.23. The number of nitrogens with one attached hydrogen (secondary N) is 1. The molecule has 1 fully saturated rings. The molecule has 3 heteroatoms. The second-order valence-electron chi connectivity index (χ2n) is 4.66. The van der Waals surface area contributed by atoms with E-state index in [1.807, 2.05) is 0 Å². The standard InChI is InChI=1S/C14H20BrNO/c1-11-10-12(15)6-7-14(11)16-8-2-4-13-5-3-9-17-13/h6-7,10,13,16H,2-5,8-9H2,1H3. The Hall–Kier alpha value is -0.540. The third kappa shape index (κ3) is 4.00. The highest BCUT2D eigenvalue weighted by Gasteiger charge is 2.14. The Morgan fingerprint density at radius 2 is 2.35 bits per heavy atom. The van der Waals surface area contributed by atoms with E-state index >= 15 is 0 Å². The van der Waals surface area contributed by atoms with Crippen LogP contribution in [0, 0.1) is 6.92 Å². The molecule has 1 unspecified atom stereocenters. The van der Waals surface area contributed by atoms with Gasteiger partial charge in [0.2, 0.25) is 0 Å². The minimum absolute atomic E-state index is 0.516. The number of rotatable bonds is 5. The quantitative estimate of drug-likeness (QED) is 0.825. The maximum Gasteiger partial charge on any atom is 0.0576 e. The zero-order valence-corrected chi connectivity index (χ0v) is 11.9. The molecule has 2 rings (SSSR count). The number of benzene rings is 1. The molecule has 1 N–H and O–H groups in total. The van der Waals surface area contributed by atoms with Crippen LogP contribution < -0.4 is 5.32 Å². The first-order chi connectivity index (χ1) is 8.25. The van der Waals surface area contributed by atoms with Crippen LogP contribution in [0.4, 0.5) is 5.69 Å². The van der Waals surface area contributed by atoms with Crippen molar-refractivity contribution in [3.05, 3.63) is 28.2 Å². The molecule has 0 bridgehead atoms. The third-order valence-corrected chi connectivity index (χ3v) is 3.72. The van der Waals surface area contributed by atoms with Gasteiger partial charge in [0.25, 0.3) is 0 Å². The van der Waals surface area contributed by atoms with E-state index in [-0.39, 0.29) is 0 Å². The topological polar surface area (TPSA) is 21.3 Å². The fraction of sp³-hybridized carbons (Fsp3) is 0.571. The second-order valence-corrected chi connectivity index (χ2v) is 5.58.